The first-order valence-corrected chi connectivity index (χ1v) is 6.18. The van der Waals surface area contributed by atoms with E-state index in [1.54, 1.807) is 4.90 Å². The third-order valence-corrected chi connectivity index (χ3v) is 3.58. The zero-order valence-corrected chi connectivity index (χ0v) is 10.6. The fourth-order valence-corrected chi connectivity index (χ4v) is 2.45. The van der Waals surface area contributed by atoms with Crippen molar-refractivity contribution >= 4 is 11.8 Å². The van der Waals surface area contributed by atoms with Crippen molar-refractivity contribution < 1.29 is 9.59 Å². The van der Waals surface area contributed by atoms with Crippen molar-refractivity contribution in [2.24, 2.45) is 5.92 Å². The van der Waals surface area contributed by atoms with Gasteiger partial charge in [-0.1, -0.05) is 6.58 Å². The Bertz CT molecular complexity index is 358. The van der Waals surface area contributed by atoms with Crippen LogP contribution in [0.25, 0.3) is 0 Å². The molecule has 4 nitrogen and oxygen atoms in total. The molecule has 1 saturated carbocycles. The summed E-state index contributed by atoms with van der Waals surface area (Å²) in [4.78, 5) is 27.4. The lowest BCUT2D eigenvalue weighted by molar-refractivity contribution is -0.145. The van der Waals surface area contributed by atoms with Gasteiger partial charge in [0.2, 0.25) is 11.8 Å². The van der Waals surface area contributed by atoms with Crippen molar-refractivity contribution in [3.8, 4) is 0 Å². The molecule has 0 N–H and O–H groups in total. The summed E-state index contributed by atoms with van der Waals surface area (Å²) in [5, 5.41) is 0. The molecule has 2 aliphatic rings. The van der Waals surface area contributed by atoms with E-state index in [-0.39, 0.29) is 23.3 Å². The molecule has 1 heterocycles. The molecule has 1 saturated heterocycles. The van der Waals surface area contributed by atoms with E-state index in [1.165, 1.54) is 6.08 Å². The lowest BCUT2D eigenvalue weighted by atomic mass is 9.98. The molecule has 1 aliphatic heterocycles. The summed E-state index contributed by atoms with van der Waals surface area (Å²) >= 11 is 0. The van der Waals surface area contributed by atoms with Crippen LogP contribution in [0, 0.1) is 5.92 Å². The van der Waals surface area contributed by atoms with E-state index >= 15 is 0 Å². The standard InChI is InChI=1S/C13H20N2O2/c1-4-11(16)15-8-7-14(9-13(15,2)3)12(17)10-5-6-10/h4,10H,1,5-9H2,2-3H3. The van der Waals surface area contributed by atoms with Gasteiger partial charge in [-0.2, -0.15) is 0 Å². The number of rotatable bonds is 2. The lowest BCUT2D eigenvalue weighted by Crippen LogP contribution is -2.62. The monoisotopic (exact) mass is 236 g/mol. The molecule has 0 unspecified atom stereocenters. The topological polar surface area (TPSA) is 40.6 Å². The molecule has 0 bridgehead atoms. The Morgan fingerprint density at radius 3 is 2.41 bits per heavy atom. The maximum atomic E-state index is 12.0. The fourth-order valence-electron chi connectivity index (χ4n) is 2.45. The minimum absolute atomic E-state index is 0.0477. The predicted molar refractivity (Wildman–Crippen MR) is 65.3 cm³/mol. The van der Waals surface area contributed by atoms with Gasteiger partial charge in [-0.05, 0) is 32.8 Å². The number of carbonyl (C=O) groups is 2. The predicted octanol–water partition coefficient (Wildman–Crippen LogP) is 1.03. The maximum Gasteiger partial charge on any atom is 0.246 e. The van der Waals surface area contributed by atoms with Crippen LogP contribution in [0.4, 0.5) is 0 Å². The van der Waals surface area contributed by atoms with Gasteiger partial charge in [0.25, 0.3) is 0 Å². The van der Waals surface area contributed by atoms with Crippen molar-refractivity contribution in [3.05, 3.63) is 12.7 Å². The number of hydrogen-bond acceptors (Lipinski definition) is 2. The normalized spacial score (nSPS) is 23.4. The summed E-state index contributed by atoms with van der Waals surface area (Å²) in [6.07, 6.45) is 3.41. The molecule has 1 aliphatic carbocycles. The summed E-state index contributed by atoms with van der Waals surface area (Å²) in [6, 6.07) is 0. The molecule has 94 valence electrons. The Morgan fingerprint density at radius 2 is 1.94 bits per heavy atom. The molecule has 17 heavy (non-hydrogen) atoms. The molecule has 0 aromatic carbocycles. The van der Waals surface area contributed by atoms with E-state index in [2.05, 4.69) is 6.58 Å². The smallest absolute Gasteiger partial charge is 0.246 e. The summed E-state index contributed by atoms with van der Waals surface area (Å²) in [5.74, 6) is 0.477. The van der Waals surface area contributed by atoms with Gasteiger partial charge >= 0.3 is 0 Å². The van der Waals surface area contributed by atoms with Crippen LogP contribution in [0.1, 0.15) is 26.7 Å². The van der Waals surface area contributed by atoms with E-state index in [0.29, 0.717) is 19.6 Å². The molecule has 0 radical (unpaired) electrons. The van der Waals surface area contributed by atoms with Crippen LogP contribution in [0.5, 0.6) is 0 Å². The second-order valence-electron chi connectivity index (χ2n) is 5.54. The van der Waals surface area contributed by atoms with Crippen LogP contribution in [-0.4, -0.2) is 46.8 Å². The highest BCUT2D eigenvalue weighted by atomic mass is 16.2. The highest BCUT2D eigenvalue weighted by molar-refractivity contribution is 5.88. The highest BCUT2D eigenvalue weighted by Gasteiger charge is 2.41. The van der Waals surface area contributed by atoms with Crippen LogP contribution < -0.4 is 0 Å². The van der Waals surface area contributed by atoms with Crippen LogP contribution >= 0.6 is 0 Å². The summed E-state index contributed by atoms with van der Waals surface area (Å²) in [5.41, 5.74) is -0.298. The average Bonchev–Trinajstić information content (AvgIpc) is 3.09. The summed E-state index contributed by atoms with van der Waals surface area (Å²) < 4.78 is 0. The average molecular weight is 236 g/mol. The molecule has 4 heteroatoms. The van der Waals surface area contributed by atoms with Gasteiger partial charge in [-0.25, -0.2) is 0 Å². The molecule has 2 amide bonds. The largest absolute Gasteiger partial charge is 0.338 e. The Morgan fingerprint density at radius 1 is 1.29 bits per heavy atom. The first-order valence-electron chi connectivity index (χ1n) is 6.18. The Hall–Kier alpha value is -1.32. The Kier molecular flexibility index (Phi) is 2.98. The Labute approximate surface area is 102 Å². The second-order valence-corrected chi connectivity index (χ2v) is 5.54. The van der Waals surface area contributed by atoms with Crippen molar-refractivity contribution in [2.45, 2.75) is 32.2 Å². The van der Waals surface area contributed by atoms with E-state index in [0.717, 1.165) is 12.8 Å². The number of hydrogen-bond donors (Lipinski definition) is 0. The number of amides is 2. The summed E-state index contributed by atoms with van der Waals surface area (Å²) in [6.45, 7) is 9.41. The van der Waals surface area contributed by atoms with E-state index < -0.39 is 0 Å². The SMILES string of the molecule is C=CC(=O)N1CCN(C(=O)C2CC2)CC1(C)C. The van der Waals surface area contributed by atoms with Crippen LogP contribution in [0.3, 0.4) is 0 Å². The van der Waals surface area contributed by atoms with Crippen molar-refractivity contribution in [3.63, 3.8) is 0 Å². The fraction of sp³-hybridized carbons (Fsp3) is 0.692. The molecule has 0 spiro atoms. The number of nitrogens with zero attached hydrogens (tertiary/aromatic N) is 2. The van der Waals surface area contributed by atoms with E-state index in [4.69, 9.17) is 0 Å². The van der Waals surface area contributed by atoms with Crippen LogP contribution in [-0.2, 0) is 9.59 Å². The van der Waals surface area contributed by atoms with Gasteiger partial charge in [-0.3, -0.25) is 9.59 Å². The van der Waals surface area contributed by atoms with Gasteiger partial charge in [0.1, 0.15) is 0 Å². The summed E-state index contributed by atoms with van der Waals surface area (Å²) in [7, 11) is 0. The molecular formula is C13H20N2O2. The molecule has 0 atom stereocenters. The van der Waals surface area contributed by atoms with Crippen LogP contribution in [0.2, 0.25) is 0 Å². The first-order chi connectivity index (χ1) is 7.95. The van der Waals surface area contributed by atoms with Gasteiger partial charge in [0.15, 0.2) is 0 Å². The zero-order valence-electron chi connectivity index (χ0n) is 10.6. The number of carbonyl (C=O) groups excluding carboxylic acids is 2. The molecular weight excluding hydrogens is 216 g/mol. The van der Waals surface area contributed by atoms with E-state index in [1.807, 2.05) is 18.7 Å². The molecule has 2 rings (SSSR count). The third-order valence-electron chi connectivity index (χ3n) is 3.58. The number of piperazine rings is 1. The molecule has 0 aromatic rings. The third kappa shape index (κ3) is 2.35. The maximum absolute atomic E-state index is 12.0. The van der Waals surface area contributed by atoms with Gasteiger partial charge in [0.05, 0.1) is 5.54 Å². The van der Waals surface area contributed by atoms with Gasteiger partial charge < -0.3 is 9.80 Å². The first kappa shape index (κ1) is 12.1. The van der Waals surface area contributed by atoms with Crippen LogP contribution in [0.15, 0.2) is 12.7 Å². The molecule has 2 fully saturated rings. The van der Waals surface area contributed by atoms with Crippen molar-refractivity contribution in [1.29, 1.82) is 0 Å². The van der Waals surface area contributed by atoms with Gasteiger partial charge in [0, 0.05) is 25.6 Å². The molecule has 0 aromatic heterocycles. The minimum atomic E-state index is -0.298. The Balaban J connectivity index is 2.04. The highest BCUT2D eigenvalue weighted by Crippen LogP contribution is 2.33. The van der Waals surface area contributed by atoms with E-state index in [9.17, 15) is 9.59 Å². The van der Waals surface area contributed by atoms with Crippen molar-refractivity contribution in [2.75, 3.05) is 19.6 Å². The lowest BCUT2D eigenvalue weighted by Gasteiger charge is -2.46. The second kappa shape index (κ2) is 4.17. The van der Waals surface area contributed by atoms with Gasteiger partial charge in [-0.15, -0.1) is 0 Å². The minimum Gasteiger partial charge on any atom is -0.338 e. The quantitative estimate of drug-likeness (QED) is 0.672. The zero-order chi connectivity index (χ0) is 12.6. The van der Waals surface area contributed by atoms with Crippen molar-refractivity contribution in [1.82, 2.24) is 9.80 Å².